The molecule has 1 nitrogen and oxygen atoms in total. The van der Waals surface area contributed by atoms with Gasteiger partial charge in [0.2, 0.25) is 0 Å². The van der Waals surface area contributed by atoms with Crippen LogP contribution in [-0.4, -0.2) is 24.5 Å². The highest BCUT2D eigenvalue weighted by atomic mass is 32.1. The van der Waals surface area contributed by atoms with Gasteiger partial charge in [0.05, 0.1) is 0 Å². The van der Waals surface area contributed by atoms with Crippen molar-refractivity contribution in [2.75, 3.05) is 19.6 Å². The molecule has 1 aliphatic rings. The maximum absolute atomic E-state index is 2.50. The standard InChI is InChI=1S/C13H17NS/c1(2-7-13-8-6-12-15-13)3-9-14-10-4-5-11-14/h1-3,6-8,12H,4-5,9-11H2/b3-1+,7-2+. The highest BCUT2D eigenvalue weighted by Crippen LogP contribution is 2.10. The molecule has 1 fully saturated rings. The van der Waals surface area contributed by atoms with E-state index in [0.717, 1.165) is 6.54 Å². The topological polar surface area (TPSA) is 3.24 Å². The lowest BCUT2D eigenvalue weighted by Gasteiger charge is -2.09. The Morgan fingerprint density at radius 3 is 2.87 bits per heavy atom. The molecule has 0 bridgehead atoms. The van der Waals surface area contributed by atoms with Crippen LogP contribution in [0.5, 0.6) is 0 Å². The summed E-state index contributed by atoms with van der Waals surface area (Å²) < 4.78 is 0. The molecule has 0 atom stereocenters. The first kappa shape index (κ1) is 10.7. The minimum absolute atomic E-state index is 1.11. The first-order chi connectivity index (χ1) is 7.45. The summed E-state index contributed by atoms with van der Waals surface area (Å²) in [4.78, 5) is 3.82. The first-order valence-electron chi connectivity index (χ1n) is 5.54. The molecule has 80 valence electrons. The Morgan fingerprint density at radius 2 is 2.13 bits per heavy atom. The van der Waals surface area contributed by atoms with Crippen molar-refractivity contribution >= 4 is 17.4 Å². The minimum atomic E-state index is 1.11. The Kier molecular flexibility index (Phi) is 4.18. The summed E-state index contributed by atoms with van der Waals surface area (Å²) in [5, 5.41) is 2.10. The number of allylic oxidation sites excluding steroid dienone is 2. The fourth-order valence-corrected chi connectivity index (χ4v) is 2.42. The van der Waals surface area contributed by atoms with Crippen molar-refractivity contribution in [1.82, 2.24) is 4.90 Å². The lowest BCUT2D eigenvalue weighted by molar-refractivity contribution is 0.377. The third-order valence-corrected chi connectivity index (χ3v) is 3.45. The summed E-state index contributed by atoms with van der Waals surface area (Å²) in [5.41, 5.74) is 0. The van der Waals surface area contributed by atoms with Gasteiger partial charge >= 0.3 is 0 Å². The molecule has 15 heavy (non-hydrogen) atoms. The van der Waals surface area contributed by atoms with Gasteiger partial charge in [-0.05, 0) is 43.5 Å². The van der Waals surface area contributed by atoms with Crippen LogP contribution in [0.4, 0.5) is 0 Å². The second kappa shape index (κ2) is 5.89. The molecule has 2 heteroatoms. The monoisotopic (exact) mass is 219 g/mol. The van der Waals surface area contributed by atoms with Gasteiger partial charge in [0, 0.05) is 11.4 Å². The Labute approximate surface area is 95.7 Å². The fraction of sp³-hybridized carbons (Fsp3) is 0.385. The molecule has 0 N–H and O–H groups in total. The van der Waals surface area contributed by atoms with Gasteiger partial charge in [-0.25, -0.2) is 0 Å². The summed E-state index contributed by atoms with van der Waals surface area (Å²) in [5.74, 6) is 0. The Morgan fingerprint density at radius 1 is 1.27 bits per heavy atom. The molecule has 0 aliphatic carbocycles. The fourth-order valence-electron chi connectivity index (χ4n) is 1.79. The number of likely N-dealkylation sites (tertiary alicyclic amines) is 1. The maximum Gasteiger partial charge on any atom is 0.0270 e. The SMILES string of the molecule is C(/C=C/c1cccs1)=C\CN1CCCC1. The van der Waals surface area contributed by atoms with Crippen molar-refractivity contribution in [2.45, 2.75) is 12.8 Å². The first-order valence-corrected chi connectivity index (χ1v) is 6.42. The average Bonchev–Trinajstić information content (AvgIpc) is 2.88. The summed E-state index contributed by atoms with van der Waals surface area (Å²) in [6.07, 6.45) is 11.4. The van der Waals surface area contributed by atoms with Gasteiger partial charge in [0.25, 0.3) is 0 Å². The van der Waals surface area contributed by atoms with E-state index in [1.54, 1.807) is 11.3 Å². The van der Waals surface area contributed by atoms with E-state index >= 15 is 0 Å². The zero-order valence-electron chi connectivity index (χ0n) is 8.93. The number of hydrogen-bond acceptors (Lipinski definition) is 2. The molecule has 2 heterocycles. The van der Waals surface area contributed by atoms with Crippen molar-refractivity contribution in [3.63, 3.8) is 0 Å². The van der Waals surface area contributed by atoms with Crippen molar-refractivity contribution in [2.24, 2.45) is 0 Å². The molecule has 0 unspecified atom stereocenters. The van der Waals surface area contributed by atoms with Crippen molar-refractivity contribution in [3.8, 4) is 0 Å². The third kappa shape index (κ3) is 3.65. The van der Waals surface area contributed by atoms with Crippen LogP contribution in [0.3, 0.4) is 0 Å². The van der Waals surface area contributed by atoms with Gasteiger partial charge in [-0.15, -0.1) is 11.3 Å². The van der Waals surface area contributed by atoms with E-state index in [2.05, 4.69) is 46.7 Å². The molecule has 0 radical (unpaired) electrons. The molecule has 1 aliphatic heterocycles. The average molecular weight is 219 g/mol. The highest BCUT2D eigenvalue weighted by molar-refractivity contribution is 7.10. The molecule has 0 spiro atoms. The molecule has 0 aromatic carbocycles. The molecule has 2 rings (SSSR count). The van der Waals surface area contributed by atoms with Gasteiger partial charge in [-0.2, -0.15) is 0 Å². The number of nitrogens with zero attached hydrogens (tertiary/aromatic N) is 1. The lowest BCUT2D eigenvalue weighted by atomic mass is 10.4. The van der Waals surface area contributed by atoms with Crippen LogP contribution in [0, 0.1) is 0 Å². The molecule has 0 saturated carbocycles. The zero-order chi connectivity index (χ0) is 10.3. The van der Waals surface area contributed by atoms with Crippen LogP contribution in [-0.2, 0) is 0 Å². The Hall–Kier alpha value is -0.860. The van der Waals surface area contributed by atoms with Crippen LogP contribution < -0.4 is 0 Å². The quantitative estimate of drug-likeness (QED) is 0.701. The summed E-state index contributed by atoms with van der Waals surface area (Å²) in [7, 11) is 0. The van der Waals surface area contributed by atoms with E-state index < -0.39 is 0 Å². The van der Waals surface area contributed by atoms with E-state index in [0.29, 0.717) is 0 Å². The van der Waals surface area contributed by atoms with Gasteiger partial charge in [-0.3, -0.25) is 4.90 Å². The van der Waals surface area contributed by atoms with Gasteiger partial charge in [0.15, 0.2) is 0 Å². The predicted octanol–water partition coefficient (Wildman–Crippen LogP) is 3.41. The molecule has 0 amide bonds. The molecular weight excluding hydrogens is 202 g/mol. The van der Waals surface area contributed by atoms with Crippen molar-refractivity contribution < 1.29 is 0 Å². The van der Waals surface area contributed by atoms with E-state index in [1.807, 2.05) is 0 Å². The maximum atomic E-state index is 2.50. The molecule has 1 aromatic rings. The number of thiophene rings is 1. The van der Waals surface area contributed by atoms with Gasteiger partial charge in [0.1, 0.15) is 0 Å². The number of hydrogen-bond donors (Lipinski definition) is 0. The molecule has 1 saturated heterocycles. The van der Waals surface area contributed by atoms with E-state index in [1.165, 1.54) is 30.8 Å². The van der Waals surface area contributed by atoms with E-state index in [9.17, 15) is 0 Å². The van der Waals surface area contributed by atoms with Gasteiger partial charge in [-0.1, -0.05) is 24.3 Å². The third-order valence-electron chi connectivity index (χ3n) is 2.61. The van der Waals surface area contributed by atoms with Crippen molar-refractivity contribution in [3.05, 3.63) is 40.6 Å². The highest BCUT2D eigenvalue weighted by Gasteiger charge is 2.08. The van der Waals surface area contributed by atoms with Gasteiger partial charge < -0.3 is 0 Å². The Balaban J connectivity index is 1.70. The summed E-state index contributed by atoms with van der Waals surface area (Å²) >= 11 is 1.78. The predicted molar refractivity (Wildman–Crippen MR) is 68.2 cm³/mol. The van der Waals surface area contributed by atoms with Crippen LogP contribution >= 0.6 is 11.3 Å². The second-order valence-corrected chi connectivity index (χ2v) is 4.79. The van der Waals surface area contributed by atoms with Crippen molar-refractivity contribution in [1.29, 1.82) is 0 Å². The normalized spacial score (nSPS) is 18.4. The largest absolute Gasteiger partial charge is 0.300 e. The Bertz CT molecular complexity index is 318. The molecule has 1 aromatic heterocycles. The zero-order valence-corrected chi connectivity index (χ0v) is 9.75. The van der Waals surface area contributed by atoms with Crippen LogP contribution in [0.25, 0.3) is 6.08 Å². The van der Waals surface area contributed by atoms with E-state index in [4.69, 9.17) is 0 Å². The second-order valence-electron chi connectivity index (χ2n) is 3.81. The smallest absolute Gasteiger partial charge is 0.0270 e. The van der Waals surface area contributed by atoms with Crippen LogP contribution in [0.2, 0.25) is 0 Å². The molecular formula is C13H17NS. The van der Waals surface area contributed by atoms with Crippen LogP contribution in [0.1, 0.15) is 17.7 Å². The summed E-state index contributed by atoms with van der Waals surface area (Å²) in [6, 6.07) is 4.22. The van der Waals surface area contributed by atoms with Crippen LogP contribution in [0.15, 0.2) is 35.7 Å². The number of rotatable bonds is 4. The lowest BCUT2D eigenvalue weighted by Crippen LogP contribution is -2.18. The summed E-state index contributed by atoms with van der Waals surface area (Å²) in [6.45, 7) is 3.66. The van der Waals surface area contributed by atoms with E-state index in [-0.39, 0.29) is 0 Å². The minimum Gasteiger partial charge on any atom is -0.300 e.